The van der Waals surface area contributed by atoms with E-state index in [-0.39, 0.29) is 56.9 Å². The molecule has 0 aromatic heterocycles. The molecule has 0 amide bonds. The summed E-state index contributed by atoms with van der Waals surface area (Å²) in [5, 5.41) is 54.4. The van der Waals surface area contributed by atoms with Gasteiger partial charge in [0.15, 0.2) is 12.1 Å². The van der Waals surface area contributed by atoms with Gasteiger partial charge in [0.25, 0.3) is 0 Å². The summed E-state index contributed by atoms with van der Waals surface area (Å²) in [5.74, 6) is -2.51. The van der Waals surface area contributed by atoms with Crippen LogP contribution in [0.15, 0.2) is 18.2 Å². The van der Waals surface area contributed by atoms with E-state index in [1.807, 2.05) is 6.92 Å². The summed E-state index contributed by atoms with van der Waals surface area (Å²) in [6.45, 7) is 1.04. The van der Waals surface area contributed by atoms with Crippen molar-refractivity contribution in [2.24, 2.45) is 5.73 Å². The molecule has 11 nitrogen and oxygen atoms in total. The Morgan fingerprint density at radius 2 is 1.87 bits per heavy atom. The Bertz CT molecular complexity index is 1340. The van der Waals surface area contributed by atoms with Gasteiger partial charge in [-0.15, -0.1) is 0 Å². The molecule has 2 aromatic rings. The predicted octanol–water partition coefficient (Wildman–Crippen LogP) is 1.24. The molecule has 2 aromatic carbocycles. The summed E-state index contributed by atoms with van der Waals surface area (Å²) in [4.78, 5) is 27.2. The summed E-state index contributed by atoms with van der Waals surface area (Å²) in [6.07, 6.45) is -4.45. The smallest absolute Gasteiger partial charge is 0.202 e. The number of fused-ring (bicyclic) bond motifs is 3. The van der Waals surface area contributed by atoms with Crippen molar-refractivity contribution in [3.63, 3.8) is 0 Å². The third-order valence-electron chi connectivity index (χ3n) is 7.90. The Balaban J connectivity index is 1.68. The first kappa shape index (κ1) is 28.2. The third-order valence-corrected chi connectivity index (χ3v) is 9.84. The monoisotopic (exact) mass is 655 g/mol. The Morgan fingerprint density at radius 1 is 1.18 bits per heavy atom. The van der Waals surface area contributed by atoms with Gasteiger partial charge in [0.05, 0.1) is 52.1 Å². The number of methoxy groups -OCH3 is 1. The van der Waals surface area contributed by atoms with E-state index in [0.29, 0.717) is 0 Å². The van der Waals surface area contributed by atoms with Crippen LogP contribution < -0.4 is 10.5 Å². The highest BCUT2D eigenvalue weighted by molar-refractivity contribution is 14.1. The molecule has 2 aliphatic carbocycles. The molecule has 1 fully saturated rings. The van der Waals surface area contributed by atoms with Gasteiger partial charge in [0.1, 0.15) is 23.4 Å². The molecule has 0 saturated carbocycles. The number of phenolic OH excluding ortho intramolecular Hbond substituents is 2. The number of carbonyl (C=O) groups is 2. The Kier molecular flexibility index (Phi) is 7.41. The number of rotatable bonds is 5. The zero-order valence-corrected chi connectivity index (χ0v) is 23.4. The van der Waals surface area contributed by atoms with Crippen molar-refractivity contribution in [3.8, 4) is 17.2 Å². The van der Waals surface area contributed by atoms with Crippen molar-refractivity contribution in [2.45, 2.75) is 66.4 Å². The van der Waals surface area contributed by atoms with Gasteiger partial charge in [-0.25, -0.2) is 0 Å². The fourth-order valence-corrected chi connectivity index (χ4v) is 6.29. The van der Waals surface area contributed by atoms with Crippen LogP contribution in [0.2, 0.25) is 0 Å². The van der Waals surface area contributed by atoms with Crippen LogP contribution in [-0.4, -0.2) is 84.9 Å². The summed E-state index contributed by atoms with van der Waals surface area (Å²) in [6, 6.07) is 4.18. The fraction of sp³-hybridized carbons (Fsp3) is 0.481. The highest BCUT2D eigenvalue weighted by Gasteiger charge is 2.50. The summed E-state index contributed by atoms with van der Waals surface area (Å²) in [5.41, 5.74) is 3.29. The molecule has 7 atom stereocenters. The number of hydrogen-bond donors (Lipinski definition) is 6. The predicted molar refractivity (Wildman–Crippen MR) is 145 cm³/mol. The van der Waals surface area contributed by atoms with Crippen LogP contribution in [0.5, 0.6) is 17.2 Å². The van der Waals surface area contributed by atoms with E-state index in [9.17, 15) is 35.1 Å². The molecular formula is C27H30INO10. The van der Waals surface area contributed by atoms with Crippen LogP contribution in [-0.2, 0) is 15.9 Å². The van der Waals surface area contributed by atoms with E-state index in [4.69, 9.17) is 19.9 Å². The molecule has 12 heteroatoms. The van der Waals surface area contributed by atoms with Crippen molar-refractivity contribution >= 4 is 34.2 Å². The normalized spacial score (nSPS) is 30.8. The topological polar surface area (TPSA) is 189 Å². The lowest BCUT2D eigenvalue weighted by Gasteiger charge is -2.44. The number of alkyl halides is 1. The first-order chi connectivity index (χ1) is 18.4. The molecule has 1 heterocycles. The molecule has 39 heavy (non-hydrogen) atoms. The van der Waals surface area contributed by atoms with Crippen molar-refractivity contribution in [1.29, 1.82) is 0 Å². The number of hydrogen-bond acceptors (Lipinski definition) is 11. The molecular weight excluding hydrogens is 625 g/mol. The van der Waals surface area contributed by atoms with Gasteiger partial charge in [-0.05, 0) is 13.0 Å². The van der Waals surface area contributed by atoms with Crippen LogP contribution in [0.1, 0.15) is 68.8 Å². The van der Waals surface area contributed by atoms with Gasteiger partial charge in [-0.1, -0.05) is 34.7 Å². The van der Waals surface area contributed by atoms with Crippen LogP contribution in [0, 0.1) is 0 Å². The minimum absolute atomic E-state index is 0.0114. The number of carbonyl (C=O) groups excluding carboxylic acids is 2. The second-order valence-electron chi connectivity index (χ2n) is 10.3. The first-order valence-electron chi connectivity index (χ1n) is 12.5. The highest BCUT2D eigenvalue weighted by Crippen LogP contribution is 2.53. The zero-order chi connectivity index (χ0) is 28.4. The van der Waals surface area contributed by atoms with Crippen LogP contribution in [0.3, 0.4) is 0 Å². The van der Waals surface area contributed by atoms with Gasteiger partial charge in [-0.3, -0.25) is 9.59 Å². The van der Waals surface area contributed by atoms with Gasteiger partial charge in [-0.2, -0.15) is 0 Å². The minimum atomic E-state index is -2.00. The Labute approximate surface area is 237 Å². The van der Waals surface area contributed by atoms with Crippen LogP contribution >= 0.6 is 22.6 Å². The molecule has 1 saturated heterocycles. The van der Waals surface area contributed by atoms with Crippen LogP contribution in [0.25, 0.3) is 0 Å². The summed E-state index contributed by atoms with van der Waals surface area (Å²) < 4.78 is 17.4. The Hall–Kier alpha value is -2.33. The number of ether oxygens (including phenoxy) is 3. The van der Waals surface area contributed by atoms with Gasteiger partial charge in [0, 0.05) is 42.0 Å². The number of halogens is 1. The Morgan fingerprint density at radius 3 is 2.51 bits per heavy atom. The van der Waals surface area contributed by atoms with Crippen molar-refractivity contribution in [1.82, 2.24) is 0 Å². The van der Waals surface area contributed by atoms with E-state index in [2.05, 4.69) is 22.6 Å². The summed E-state index contributed by atoms with van der Waals surface area (Å²) in [7, 11) is 1.35. The average Bonchev–Trinajstić information content (AvgIpc) is 2.90. The van der Waals surface area contributed by atoms with E-state index >= 15 is 0 Å². The molecule has 0 spiro atoms. The minimum Gasteiger partial charge on any atom is -0.507 e. The van der Waals surface area contributed by atoms with E-state index in [1.165, 1.54) is 25.3 Å². The number of aliphatic hydroxyl groups excluding tert-OH is 2. The van der Waals surface area contributed by atoms with Crippen molar-refractivity contribution in [2.75, 3.05) is 13.7 Å². The molecule has 0 radical (unpaired) electrons. The highest BCUT2D eigenvalue weighted by atomic mass is 127. The zero-order valence-electron chi connectivity index (χ0n) is 21.3. The number of aliphatic hydroxyl groups is 3. The van der Waals surface area contributed by atoms with Crippen molar-refractivity contribution in [3.05, 3.63) is 51.6 Å². The molecule has 1 aliphatic heterocycles. The SMILES string of the molecule is COc1cccc2c1C(=O)c1c(O)c3c(c(O)c1C2=O)CC(O)(C(O)CO)CC3OC1CC(N)C(I)C(C)O1. The third kappa shape index (κ3) is 4.42. The number of ketones is 2. The summed E-state index contributed by atoms with van der Waals surface area (Å²) >= 11 is 2.19. The maximum absolute atomic E-state index is 13.7. The molecule has 210 valence electrons. The second kappa shape index (κ2) is 10.3. The lowest BCUT2D eigenvalue weighted by atomic mass is 9.71. The molecule has 7 N–H and O–H groups in total. The number of aromatic hydroxyl groups is 2. The maximum Gasteiger partial charge on any atom is 0.202 e. The first-order valence-corrected chi connectivity index (χ1v) is 13.8. The lowest BCUT2D eigenvalue weighted by Crippen LogP contribution is -2.52. The largest absolute Gasteiger partial charge is 0.507 e. The van der Waals surface area contributed by atoms with Gasteiger partial charge >= 0.3 is 0 Å². The number of benzene rings is 2. The molecule has 3 aliphatic rings. The fourth-order valence-electron chi connectivity index (χ4n) is 5.83. The van der Waals surface area contributed by atoms with E-state index in [1.54, 1.807) is 0 Å². The van der Waals surface area contributed by atoms with E-state index < -0.39 is 71.3 Å². The quantitative estimate of drug-likeness (QED) is 0.132. The number of phenols is 2. The second-order valence-corrected chi connectivity index (χ2v) is 11.7. The lowest BCUT2D eigenvalue weighted by molar-refractivity contribution is -0.229. The molecule has 5 rings (SSSR count). The number of nitrogens with two attached hydrogens (primary N) is 1. The maximum atomic E-state index is 13.7. The van der Waals surface area contributed by atoms with Gasteiger partial charge < -0.3 is 45.5 Å². The molecule has 0 bridgehead atoms. The standard InChI is InChI=1S/C27H30INO10/c1-10-22(28)13(29)6-17(38-10)39-15-8-27(36,16(31)9-30)7-12-19(15)26(35)21-20(24(12)33)23(32)11-4-3-5-14(37-2)18(11)25(21)34/h3-5,10,13,15-17,22,30-31,33,35-36H,6-9,29H2,1-2H3. The average molecular weight is 655 g/mol. The van der Waals surface area contributed by atoms with Crippen LogP contribution in [0.4, 0.5) is 0 Å². The molecule has 7 unspecified atom stereocenters. The van der Waals surface area contributed by atoms with Crippen molar-refractivity contribution < 1.29 is 49.3 Å². The van der Waals surface area contributed by atoms with Gasteiger partial charge in [0.2, 0.25) is 5.78 Å². The van der Waals surface area contributed by atoms with E-state index in [0.717, 1.165) is 0 Å².